The summed E-state index contributed by atoms with van der Waals surface area (Å²) in [5, 5.41) is 13.9. The van der Waals surface area contributed by atoms with Crippen molar-refractivity contribution in [2.75, 3.05) is 7.11 Å². The first kappa shape index (κ1) is 20.7. The van der Waals surface area contributed by atoms with E-state index in [4.69, 9.17) is 9.47 Å². The van der Waals surface area contributed by atoms with Gasteiger partial charge in [-0.2, -0.15) is 0 Å². The Balaban J connectivity index is 2.05. The minimum absolute atomic E-state index is 0.0507. The fraction of sp³-hybridized carbons (Fsp3) is 0.579. The number of nitrogens with zero attached hydrogens (tertiary/aromatic N) is 1. The minimum atomic E-state index is -1.02. The van der Waals surface area contributed by atoms with Gasteiger partial charge < -0.3 is 14.8 Å². The SMILES string of the molecule is COc1ccc([N+](=O)[O-])cc1C(=O)O[C@H](C)C(=O)N[C@H]1CCC[C@@H](C)[C@H]1C. The Morgan fingerprint density at radius 1 is 1.30 bits per heavy atom. The van der Waals surface area contributed by atoms with Crippen LogP contribution in [0.4, 0.5) is 5.69 Å². The monoisotopic (exact) mass is 378 g/mol. The number of non-ortho nitro benzene ring substituents is 1. The van der Waals surface area contributed by atoms with E-state index in [1.54, 1.807) is 0 Å². The van der Waals surface area contributed by atoms with Crippen molar-refractivity contribution in [3.05, 3.63) is 33.9 Å². The predicted octanol–water partition coefficient (Wildman–Crippen LogP) is 3.09. The second-order valence-corrected chi connectivity index (χ2v) is 7.07. The molecule has 4 atom stereocenters. The minimum Gasteiger partial charge on any atom is -0.496 e. The van der Waals surface area contributed by atoms with Crippen LogP contribution in [0.3, 0.4) is 0 Å². The molecule has 1 amide bonds. The summed E-state index contributed by atoms with van der Waals surface area (Å²) in [7, 11) is 1.35. The maximum atomic E-state index is 12.4. The standard InChI is InChI=1S/C19H26N2O6/c1-11-6-5-7-16(12(11)2)20-18(22)13(3)27-19(23)15-10-14(21(24)25)8-9-17(15)26-4/h8-13,16H,5-7H2,1-4H3,(H,20,22)/t11-,12-,13-,16+/m1/s1. The summed E-state index contributed by atoms with van der Waals surface area (Å²) in [5.41, 5.74) is -0.351. The van der Waals surface area contributed by atoms with Crippen LogP contribution >= 0.6 is 0 Å². The molecule has 0 saturated heterocycles. The molecule has 0 aromatic heterocycles. The molecule has 1 aliphatic rings. The zero-order chi connectivity index (χ0) is 20.1. The maximum Gasteiger partial charge on any atom is 0.342 e. The van der Waals surface area contributed by atoms with E-state index in [1.807, 2.05) is 0 Å². The summed E-state index contributed by atoms with van der Waals surface area (Å²) in [4.78, 5) is 35.2. The van der Waals surface area contributed by atoms with Crippen LogP contribution in [0.25, 0.3) is 0 Å². The number of nitro groups is 1. The molecule has 1 aromatic carbocycles. The van der Waals surface area contributed by atoms with Crippen molar-refractivity contribution in [3.63, 3.8) is 0 Å². The van der Waals surface area contributed by atoms with Gasteiger partial charge in [0, 0.05) is 18.2 Å². The van der Waals surface area contributed by atoms with Crippen LogP contribution in [0.5, 0.6) is 5.75 Å². The van der Waals surface area contributed by atoms with Crippen LogP contribution < -0.4 is 10.1 Å². The molecular formula is C19H26N2O6. The first-order valence-electron chi connectivity index (χ1n) is 9.08. The molecule has 1 aromatic rings. The molecule has 1 saturated carbocycles. The Morgan fingerprint density at radius 2 is 2.00 bits per heavy atom. The second kappa shape index (κ2) is 8.83. The third-order valence-corrected chi connectivity index (χ3v) is 5.30. The van der Waals surface area contributed by atoms with Gasteiger partial charge >= 0.3 is 5.97 Å². The Morgan fingerprint density at radius 3 is 2.63 bits per heavy atom. The number of hydrogen-bond donors (Lipinski definition) is 1. The highest BCUT2D eigenvalue weighted by Crippen LogP contribution is 2.29. The van der Waals surface area contributed by atoms with E-state index in [-0.39, 0.29) is 28.9 Å². The molecule has 148 valence electrons. The van der Waals surface area contributed by atoms with Crippen molar-refractivity contribution in [1.29, 1.82) is 0 Å². The number of nitrogens with one attached hydrogen (secondary N) is 1. The number of carbonyl (C=O) groups excluding carboxylic acids is 2. The van der Waals surface area contributed by atoms with Crippen LogP contribution in [-0.2, 0) is 9.53 Å². The third kappa shape index (κ3) is 4.96. The molecule has 1 fully saturated rings. The third-order valence-electron chi connectivity index (χ3n) is 5.30. The lowest BCUT2D eigenvalue weighted by Crippen LogP contribution is -2.47. The predicted molar refractivity (Wildman–Crippen MR) is 98.6 cm³/mol. The van der Waals surface area contributed by atoms with E-state index in [0.717, 1.165) is 25.3 Å². The molecule has 1 aliphatic carbocycles. The normalized spacial score (nSPS) is 23.2. The largest absolute Gasteiger partial charge is 0.496 e. The molecule has 1 N–H and O–H groups in total. The van der Waals surface area contributed by atoms with E-state index in [0.29, 0.717) is 11.8 Å². The lowest BCUT2D eigenvalue weighted by atomic mass is 9.78. The molecule has 8 heteroatoms. The molecule has 0 aliphatic heterocycles. The number of hydrogen-bond acceptors (Lipinski definition) is 6. The van der Waals surface area contributed by atoms with Crippen molar-refractivity contribution in [2.45, 2.75) is 52.2 Å². The average molecular weight is 378 g/mol. The summed E-state index contributed by atoms with van der Waals surface area (Å²) in [6.07, 6.45) is 2.07. The van der Waals surface area contributed by atoms with Crippen molar-refractivity contribution >= 4 is 17.6 Å². The van der Waals surface area contributed by atoms with Crippen molar-refractivity contribution in [2.24, 2.45) is 11.8 Å². The van der Waals surface area contributed by atoms with Gasteiger partial charge in [0.1, 0.15) is 11.3 Å². The van der Waals surface area contributed by atoms with Crippen LogP contribution in [0.15, 0.2) is 18.2 Å². The molecule has 27 heavy (non-hydrogen) atoms. The van der Waals surface area contributed by atoms with Gasteiger partial charge in [0.05, 0.1) is 12.0 Å². The van der Waals surface area contributed by atoms with E-state index < -0.39 is 17.0 Å². The molecule has 8 nitrogen and oxygen atoms in total. The zero-order valence-corrected chi connectivity index (χ0v) is 16.1. The number of benzene rings is 1. The van der Waals surface area contributed by atoms with Crippen LogP contribution in [0.1, 0.15) is 50.4 Å². The molecular weight excluding hydrogens is 352 g/mol. The summed E-state index contributed by atoms with van der Waals surface area (Å²) in [6.45, 7) is 5.76. The molecule has 2 rings (SSSR count). The first-order valence-corrected chi connectivity index (χ1v) is 9.08. The highest BCUT2D eigenvalue weighted by molar-refractivity contribution is 5.95. The summed E-state index contributed by atoms with van der Waals surface area (Å²) in [6, 6.07) is 3.69. The van der Waals surface area contributed by atoms with Gasteiger partial charge in [-0.05, 0) is 31.2 Å². The van der Waals surface area contributed by atoms with Gasteiger partial charge in [0.15, 0.2) is 6.10 Å². The molecule has 0 unspecified atom stereocenters. The fourth-order valence-corrected chi connectivity index (χ4v) is 3.33. The van der Waals surface area contributed by atoms with E-state index in [2.05, 4.69) is 19.2 Å². The van der Waals surface area contributed by atoms with Crippen LogP contribution in [0.2, 0.25) is 0 Å². The van der Waals surface area contributed by atoms with Gasteiger partial charge in [-0.15, -0.1) is 0 Å². The van der Waals surface area contributed by atoms with Gasteiger partial charge in [0.2, 0.25) is 0 Å². The first-order chi connectivity index (χ1) is 12.7. The highest BCUT2D eigenvalue weighted by atomic mass is 16.6. The smallest absolute Gasteiger partial charge is 0.342 e. The number of nitro benzene ring substituents is 1. The van der Waals surface area contributed by atoms with E-state index in [1.165, 1.54) is 26.2 Å². The quantitative estimate of drug-likeness (QED) is 0.463. The number of amides is 1. The van der Waals surface area contributed by atoms with Gasteiger partial charge in [-0.3, -0.25) is 14.9 Å². The molecule has 0 bridgehead atoms. The van der Waals surface area contributed by atoms with Crippen LogP contribution in [0, 0.1) is 22.0 Å². The second-order valence-electron chi connectivity index (χ2n) is 7.07. The average Bonchev–Trinajstić information content (AvgIpc) is 2.64. The molecule has 0 radical (unpaired) electrons. The number of ether oxygens (including phenoxy) is 2. The van der Waals surface area contributed by atoms with Crippen molar-refractivity contribution < 1.29 is 24.0 Å². The summed E-state index contributed by atoms with van der Waals surface area (Å²) >= 11 is 0. The highest BCUT2D eigenvalue weighted by Gasteiger charge is 2.30. The number of carbonyl (C=O) groups is 2. The molecule has 0 spiro atoms. The lowest BCUT2D eigenvalue weighted by molar-refractivity contribution is -0.384. The van der Waals surface area contributed by atoms with Gasteiger partial charge in [0.25, 0.3) is 11.6 Å². The van der Waals surface area contributed by atoms with Crippen molar-refractivity contribution in [1.82, 2.24) is 5.32 Å². The maximum absolute atomic E-state index is 12.4. The Kier molecular flexibility index (Phi) is 6.76. The fourth-order valence-electron chi connectivity index (χ4n) is 3.33. The van der Waals surface area contributed by atoms with Crippen molar-refractivity contribution in [3.8, 4) is 5.75 Å². The van der Waals surface area contributed by atoms with Crippen LogP contribution in [-0.4, -0.2) is 36.1 Å². The summed E-state index contributed by atoms with van der Waals surface area (Å²) < 4.78 is 10.3. The van der Waals surface area contributed by atoms with Gasteiger partial charge in [-0.25, -0.2) is 4.79 Å². The lowest BCUT2D eigenvalue weighted by Gasteiger charge is -2.35. The van der Waals surface area contributed by atoms with Gasteiger partial charge in [-0.1, -0.05) is 26.7 Å². The summed E-state index contributed by atoms with van der Waals surface area (Å²) in [5.74, 6) is -0.201. The number of methoxy groups -OCH3 is 1. The Labute approximate surface area is 158 Å². The van der Waals surface area contributed by atoms with E-state index >= 15 is 0 Å². The zero-order valence-electron chi connectivity index (χ0n) is 16.1. The number of rotatable bonds is 6. The Hall–Kier alpha value is -2.64. The van der Waals surface area contributed by atoms with E-state index in [9.17, 15) is 19.7 Å². The number of esters is 1. The Bertz CT molecular complexity index is 720. The molecule has 0 heterocycles. The topological polar surface area (TPSA) is 108 Å².